The molecule has 2 aliphatic rings. The van der Waals surface area contributed by atoms with Crippen LogP contribution in [0.4, 0.5) is 5.69 Å². The number of benzene rings is 1. The molecule has 2 saturated heterocycles. The predicted octanol–water partition coefficient (Wildman–Crippen LogP) is 1.67. The molecule has 7 nitrogen and oxygen atoms in total. The van der Waals surface area contributed by atoms with Crippen LogP contribution in [-0.4, -0.2) is 54.8 Å². The summed E-state index contributed by atoms with van der Waals surface area (Å²) in [5.41, 5.74) is 2.54. The zero-order chi connectivity index (χ0) is 18.1. The van der Waals surface area contributed by atoms with Crippen LogP contribution in [0.5, 0.6) is 0 Å². The van der Waals surface area contributed by atoms with Crippen LogP contribution in [0, 0.1) is 11.5 Å². The van der Waals surface area contributed by atoms with Crippen molar-refractivity contribution in [1.82, 2.24) is 14.2 Å². The Bertz CT molecular complexity index is 942. The first-order chi connectivity index (χ1) is 12.6. The number of nitrogens with zero attached hydrogens (tertiary/aromatic N) is 5. The number of pyridine rings is 1. The van der Waals surface area contributed by atoms with Crippen molar-refractivity contribution < 1.29 is 8.42 Å². The predicted molar refractivity (Wildman–Crippen MR) is 98.2 cm³/mol. The summed E-state index contributed by atoms with van der Waals surface area (Å²) >= 11 is 0. The molecule has 0 radical (unpaired) electrons. The van der Waals surface area contributed by atoms with Crippen molar-refractivity contribution >= 4 is 15.9 Å². The Morgan fingerprint density at radius 2 is 1.96 bits per heavy atom. The highest BCUT2D eigenvalue weighted by Gasteiger charge is 2.43. The standard InChI is InChI=1S/C18H19N5O2S/c19-14-21-8-6-18(13-21)23-10-9-22(26(23,24)25)17-5-1-3-15(11-17)16-4-2-7-20-12-16/h1-5,7,11-12,18H,6,8-10,13H2. The van der Waals surface area contributed by atoms with E-state index in [1.54, 1.807) is 21.6 Å². The summed E-state index contributed by atoms with van der Waals surface area (Å²) in [6.45, 7) is 1.95. The van der Waals surface area contributed by atoms with Gasteiger partial charge in [-0.15, -0.1) is 0 Å². The third kappa shape index (κ3) is 2.89. The fourth-order valence-electron chi connectivity index (χ4n) is 3.62. The van der Waals surface area contributed by atoms with Gasteiger partial charge in [0.2, 0.25) is 0 Å². The monoisotopic (exact) mass is 369 g/mol. The van der Waals surface area contributed by atoms with Crippen molar-refractivity contribution in [2.45, 2.75) is 12.5 Å². The average Bonchev–Trinajstić information content (AvgIpc) is 3.26. The Hall–Kier alpha value is -2.63. The molecular formula is C18H19N5O2S. The van der Waals surface area contributed by atoms with Crippen LogP contribution >= 0.6 is 0 Å². The summed E-state index contributed by atoms with van der Waals surface area (Å²) < 4.78 is 29.1. The molecule has 2 aliphatic heterocycles. The van der Waals surface area contributed by atoms with Crippen molar-refractivity contribution in [2.75, 3.05) is 30.5 Å². The van der Waals surface area contributed by atoms with E-state index in [0.29, 0.717) is 38.3 Å². The summed E-state index contributed by atoms with van der Waals surface area (Å²) in [6.07, 6.45) is 6.27. The van der Waals surface area contributed by atoms with Crippen LogP contribution in [0.2, 0.25) is 0 Å². The smallest absolute Gasteiger partial charge is 0.304 e. The van der Waals surface area contributed by atoms with Gasteiger partial charge >= 0.3 is 10.2 Å². The number of hydrogen-bond acceptors (Lipinski definition) is 5. The summed E-state index contributed by atoms with van der Waals surface area (Å²) in [4.78, 5) is 5.74. The molecule has 134 valence electrons. The number of likely N-dealkylation sites (tertiary alicyclic amines) is 1. The van der Waals surface area contributed by atoms with Gasteiger partial charge in [-0.05, 0) is 30.2 Å². The molecule has 0 bridgehead atoms. The third-order valence-corrected chi connectivity index (χ3v) is 6.96. The van der Waals surface area contributed by atoms with Gasteiger partial charge in [-0.25, -0.2) is 0 Å². The molecule has 2 aromatic rings. The van der Waals surface area contributed by atoms with Gasteiger partial charge in [0.25, 0.3) is 0 Å². The van der Waals surface area contributed by atoms with Crippen molar-refractivity contribution in [3.05, 3.63) is 48.8 Å². The highest BCUT2D eigenvalue weighted by Crippen LogP contribution is 2.31. The zero-order valence-electron chi connectivity index (χ0n) is 14.2. The quantitative estimate of drug-likeness (QED) is 0.769. The molecule has 0 amide bonds. The summed E-state index contributed by atoms with van der Waals surface area (Å²) in [5, 5.41) is 9.02. The van der Waals surface area contributed by atoms with Gasteiger partial charge in [-0.2, -0.15) is 18.0 Å². The average molecular weight is 369 g/mol. The first-order valence-corrected chi connectivity index (χ1v) is 9.94. The minimum atomic E-state index is -3.58. The van der Waals surface area contributed by atoms with E-state index < -0.39 is 10.2 Å². The van der Waals surface area contributed by atoms with E-state index in [2.05, 4.69) is 11.2 Å². The lowest BCUT2D eigenvalue weighted by Gasteiger charge is -2.24. The van der Waals surface area contributed by atoms with Crippen LogP contribution in [0.1, 0.15) is 6.42 Å². The molecular weight excluding hydrogens is 350 g/mol. The van der Waals surface area contributed by atoms with Gasteiger partial charge in [0, 0.05) is 50.2 Å². The summed E-state index contributed by atoms with van der Waals surface area (Å²) in [6, 6.07) is 11.2. The van der Waals surface area contributed by atoms with Gasteiger partial charge in [-0.1, -0.05) is 18.2 Å². The van der Waals surface area contributed by atoms with Gasteiger partial charge in [0.15, 0.2) is 6.19 Å². The molecule has 1 unspecified atom stereocenters. The molecule has 1 aromatic heterocycles. The molecule has 0 saturated carbocycles. The van der Waals surface area contributed by atoms with Gasteiger partial charge in [-0.3, -0.25) is 9.29 Å². The normalized spacial score (nSPS) is 22.5. The number of aromatic nitrogens is 1. The first-order valence-electron chi connectivity index (χ1n) is 8.54. The molecule has 0 spiro atoms. The first kappa shape index (κ1) is 16.8. The Labute approximate surface area is 153 Å². The van der Waals surface area contributed by atoms with E-state index in [-0.39, 0.29) is 6.04 Å². The second kappa shape index (κ2) is 6.59. The fraction of sp³-hybridized carbons (Fsp3) is 0.333. The lowest BCUT2D eigenvalue weighted by atomic mass is 10.1. The van der Waals surface area contributed by atoms with E-state index in [0.717, 1.165) is 11.1 Å². The van der Waals surface area contributed by atoms with Crippen LogP contribution in [-0.2, 0) is 10.2 Å². The highest BCUT2D eigenvalue weighted by atomic mass is 32.2. The van der Waals surface area contributed by atoms with Gasteiger partial charge < -0.3 is 4.90 Å². The molecule has 2 fully saturated rings. The summed E-state index contributed by atoms with van der Waals surface area (Å²) in [7, 11) is -3.58. The molecule has 3 heterocycles. The Morgan fingerprint density at radius 1 is 1.12 bits per heavy atom. The summed E-state index contributed by atoms with van der Waals surface area (Å²) in [5.74, 6) is 0. The van der Waals surface area contributed by atoms with Crippen LogP contribution in [0.15, 0.2) is 48.8 Å². The van der Waals surface area contributed by atoms with E-state index >= 15 is 0 Å². The van der Waals surface area contributed by atoms with Crippen molar-refractivity contribution in [3.8, 4) is 17.3 Å². The van der Waals surface area contributed by atoms with Gasteiger partial charge in [0.05, 0.1) is 5.69 Å². The second-order valence-corrected chi connectivity index (χ2v) is 8.28. The minimum Gasteiger partial charge on any atom is -0.309 e. The second-order valence-electron chi connectivity index (χ2n) is 6.47. The van der Waals surface area contributed by atoms with E-state index in [4.69, 9.17) is 5.26 Å². The van der Waals surface area contributed by atoms with E-state index in [1.165, 1.54) is 4.31 Å². The lowest BCUT2D eigenvalue weighted by Crippen LogP contribution is -2.41. The number of rotatable bonds is 3. The molecule has 0 N–H and O–H groups in total. The minimum absolute atomic E-state index is 0.133. The van der Waals surface area contributed by atoms with Crippen LogP contribution < -0.4 is 4.31 Å². The van der Waals surface area contributed by atoms with E-state index in [1.807, 2.05) is 36.4 Å². The maximum Gasteiger partial charge on any atom is 0.304 e. The topological polar surface area (TPSA) is 80.5 Å². The molecule has 1 atom stereocenters. The molecule has 26 heavy (non-hydrogen) atoms. The molecule has 8 heteroatoms. The Kier molecular flexibility index (Phi) is 4.26. The van der Waals surface area contributed by atoms with Gasteiger partial charge in [0.1, 0.15) is 0 Å². The molecule has 1 aromatic carbocycles. The van der Waals surface area contributed by atoms with Crippen LogP contribution in [0.25, 0.3) is 11.1 Å². The fourth-order valence-corrected chi connectivity index (χ4v) is 5.43. The molecule has 4 rings (SSSR count). The Morgan fingerprint density at radius 3 is 2.69 bits per heavy atom. The largest absolute Gasteiger partial charge is 0.309 e. The molecule has 0 aliphatic carbocycles. The zero-order valence-corrected chi connectivity index (χ0v) is 15.0. The SMILES string of the molecule is N#CN1CCC(N2CCN(c3cccc(-c4cccnc4)c3)S2(=O)=O)C1. The Balaban J connectivity index is 1.61. The number of anilines is 1. The number of hydrogen-bond donors (Lipinski definition) is 0. The van der Waals surface area contributed by atoms with Crippen molar-refractivity contribution in [1.29, 1.82) is 5.26 Å². The number of nitriles is 1. The maximum atomic E-state index is 13.1. The maximum absolute atomic E-state index is 13.1. The van der Waals surface area contributed by atoms with Crippen LogP contribution in [0.3, 0.4) is 0 Å². The lowest BCUT2D eigenvalue weighted by molar-refractivity contribution is 0.345. The van der Waals surface area contributed by atoms with E-state index in [9.17, 15) is 8.42 Å². The van der Waals surface area contributed by atoms with Crippen molar-refractivity contribution in [3.63, 3.8) is 0 Å². The third-order valence-electron chi connectivity index (χ3n) is 4.94. The highest BCUT2D eigenvalue weighted by molar-refractivity contribution is 7.90. The van der Waals surface area contributed by atoms with Crippen molar-refractivity contribution in [2.24, 2.45) is 0 Å².